The summed E-state index contributed by atoms with van der Waals surface area (Å²) < 4.78 is 5.22. The average molecular weight is 376 g/mol. The first kappa shape index (κ1) is 17.3. The highest BCUT2D eigenvalue weighted by atomic mass is 16.5. The molecular weight excluding hydrogens is 352 g/mol. The predicted molar refractivity (Wildman–Crippen MR) is 106 cm³/mol. The number of hydrogen-bond acceptors (Lipinski definition) is 3. The van der Waals surface area contributed by atoms with Crippen LogP contribution in [-0.4, -0.2) is 30.4 Å². The third kappa shape index (κ3) is 2.07. The van der Waals surface area contributed by atoms with Gasteiger partial charge in [-0.05, 0) is 49.1 Å². The van der Waals surface area contributed by atoms with E-state index in [1.807, 2.05) is 47.4 Å². The molecule has 2 aromatic rings. The van der Waals surface area contributed by atoms with Crippen molar-refractivity contribution in [2.45, 2.75) is 31.7 Å². The number of rotatable bonds is 3. The molecule has 1 N–H and O–H groups in total. The molecule has 2 aromatic carbocycles. The number of methoxy groups -OCH3 is 1. The topological polar surface area (TPSA) is 58.6 Å². The van der Waals surface area contributed by atoms with Gasteiger partial charge in [0.2, 0.25) is 11.8 Å². The van der Waals surface area contributed by atoms with Gasteiger partial charge in [-0.25, -0.2) is 0 Å². The van der Waals surface area contributed by atoms with E-state index in [2.05, 4.69) is 18.3 Å². The lowest BCUT2D eigenvalue weighted by atomic mass is 9.38. The van der Waals surface area contributed by atoms with Crippen LogP contribution in [0, 0.1) is 11.3 Å². The minimum absolute atomic E-state index is 0.0626. The largest absolute Gasteiger partial charge is 0.497 e. The van der Waals surface area contributed by atoms with Gasteiger partial charge in [0.05, 0.1) is 18.4 Å². The number of hydrogen-bond donors (Lipinski definition) is 1. The van der Waals surface area contributed by atoms with Gasteiger partial charge in [0, 0.05) is 24.2 Å². The number of fused-ring (bicyclic) bond motifs is 1. The Morgan fingerprint density at radius 1 is 1.14 bits per heavy atom. The molecule has 3 aliphatic rings. The van der Waals surface area contributed by atoms with E-state index in [-0.39, 0.29) is 23.1 Å². The van der Waals surface area contributed by atoms with Gasteiger partial charge in [0.25, 0.3) is 0 Å². The minimum Gasteiger partial charge on any atom is -0.497 e. The first-order chi connectivity index (χ1) is 13.5. The number of carbonyl (C=O) groups is 2. The van der Waals surface area contributed by atoms with Gasteiger partial charge in [0.1, 0.15) is 5.75 Å². The molecule has 0 aromatic heterocycles. The van der Waals surface area contributed by atoms with Crippen LogP contribution in [0.4, 0.5) is 5.69 Å². The molecule has 2 aliphatic heterocycles. The predicted octanol–water partition coefficient (Wildman–Crippen LogP) is 3.34. The number of carbonyl (C=O) groups excluding carboxylic acids is 2. The molecule has 144 valence electrons. The molecule has 5 heteroatoms. The third-order valence-electron chi connectivity index (χ3n) is 7.24. The number of para-hydroxylation sites is 1. The molecule has 2 amide bonds. The van der Waals surface area contributed by atoms with Gasteiger partial charge in [0.15, 0.2) is 0 Å². The second-order valence-electron chi connectivity index (χ2n) is 8.42. The highest BCUT2D eigenvalue weighted by molar-refractivity contribution is 6.02. The van der Waals surface area contributed by atoms with Gasteiger partial charge in [-0.15, -0.1) is 0 Å². The lowest BCUT2D eigenvalue weighted by molar-refractivity contribution is -0.180. The SMILES string of the molecule is COc1ccc(CN2CC[C@]34c5ccccc5NC(=O)[C@H]3C[C@]4(C)C2=O)cc1. The normalized spacial score (nSPS) is 30.5. The fourth-order valence-corrected chi connectivity index (χ4v) is 5.75. The van der Waals surface area contributed by atoms with Gasteiger partial charge in [-0.2, -0.15) is 0 Å². The Balaban J connectivity index is 1.47. The minimum atomic E-state index is -0.531. The molecule has 5 rings (SSSR count). The number of piperidine rings is 1. The first-order valence-corrected chi connectivity index (χ1v) is 9.82. The van der Waals surface area contributed by atoms with Crippen LogP contribution in [0.25, 0.3) is 0 Å². The zero-order chi connectivity index (χ0) is 19.5. The van der Waals surface area contributed by atoms with Crippen LogP contribution in [0.5, 0.6) is 5.75 Å². The summed E-state index contributed by atoms with van der Waals surface area (Å²) in [5.74, 6) is 0.925. The fourth-order valence-electron chi connectivity index (χ4n) is 5.75. The smallest absolute Gasteiger partial charge is 0.229 e. The quantitative estimate of drug-likeness (QED) is 0.894. The zero-order valence-electron chi connectivity index (χ0n) is 16.2. The summed E-state index contributed by atoms with van der Waals surface area (Å²) in [5, 5.41) is 3.04. The lowest BCUT2D eigenvalue weighted by Gasteiger charge is -2.67. The van der Waals surface area contributed by atoms with Crippen molar-refractivity contribution in [3.63, 3.8) is 0 Å². The van der Waals surface area contributed by atoms with Crippen molar-refractivity contribution >= 4 is 17.5 Å². The van der Waals surface area contributed by atoms with E-state index < -0.39 is 5.41 Å². The van der Waals surface area contributed by atoms with E-state index >= 15 is 0 Å². The molecule has 2 fully saturated rings. The van der Waals surface area contributed by atoms with Crippen LogP contribution in [0.3, 0.4) is 0 Å². The molecule has 1 aliphatic carbocycles. The van der Waals surface area contributed by atoms with E-state index in [9.17, 15) is 9.59 Å². The number of anilines is 1. The molecule has 0 bridgehead atoms. The number of benzene rings is 2. The highest BCUT2D eigenvalue weighted by Crippen LogP contribution is 2.68. The van der Waals surface area contributed by atoms with Crippen LogP contribution < -0.4 is 10.1 Å². The van der Waals surface area contributed by atoms with Crippen molar-refractivity contribution in [3.8, 4) is 5.75 Å². The van der Waals surface area contributed by atoms with E-state index in [1.54, 1.807) is 7.11 Å². The molecule has 2 heterocycles. The monoisotopic (exact) mass is 376 g/mol. The highest BCUT2D eigenvalue weighted by Gasteiger charge is 2.72. The second-order valence-corrected chi connectivity index (χ2v) is 8.42. The molecule has 1 saturated carbocycles. The maximum atomic E-state index is 13.6. The standard InChI is InChI=1S/C23H24N2O3/c1-22-13-18-20(26)24-19-6-4-3-5-17(19)23(18,22)11-12-25(21(22)27)14-15-7-9-16(28-2)10-8-15/h3-10,18H,11-14H2,1-2H3,(H,24,26)/t18-,22-,23+/m1/s1. The van der Waals surface area contributed by atoms with Crippen molar-refractivity contribution in [3.05, 3.63) is 59.7 Å². The Morgan fingerprint density at radius 2 is 1.89 bits per heavy atom. The van der Waals surface area contributed by atoms with Crippen LogP contribution in [0.2, 0.25) is 0 Å². The average Bonchev–Trinajstić information content (AvgIpc) is 2.70. The first-order valence-electron chi connectivity index (χ1n) is 9.82. The summed E-state index contributed by atoms with van der Waals surface area (Å²) >= 11 is 0. The summed E-state index contributed by atoms with van der Waals surface area (Å²) in [6, 6.07) is 15.8. The fraction of sp³-hybridized carbons (Fsp3) is 0.391. The Kier molecular flexibility index (Phi) is 3.60. The molecule has 1 saturated heterocycles. The lowest BCUT2D eigenvalue weighted by Crippen LogP contribution is -2.73. The number of nitrogens with one attached hydrogen (secondary N) is 1. The van der Waals surface area contributed by atoms with Crippen LogP contribution >= 0.6 is 0 Å². The zero-order valence-corrected chi connectivity index (χ0v) is 16.2. The van der Waals surface area contributed by atoms with E-state index in [0.717, 1.165) is 29.0 Å². The molecule has 3 atom stereocenters. The van der Waals surface area contributed by atoms with E-state index in [4.69, 9.17) is 4.74 Å². The number of nitrogens with zero attached hydrogens (tertiary/aromatic N) is 1. The summed E-state index contributed by atoms with van der Waals surface area (Å²) in [7, 11) is 1.65. The molecular formula is C23H24N2O3. The summed E-state index contributed by atoms with van der Waals surface area (Å²) in [6.07, 6.45) is 1.44. The van der Waals surface area contributed by atoms with Crippen molar-refractivity contribution < 1.29 is 14.3 Å². The molecule has 0 radical (unpaired) electrons. The summed E-state index contributed by atoms with van der Waals surface area (Å²) in [5.41, 5.74) is 2.18. The summed E-state index contributed by atoms with van der Waals surface area (Å²) in [4.78, 5) is 28.2. The Morgan fingerprint density at radius 3 is 2.64 bits per heavy atom. The number of amides is 2. The van der Waals surface area contributed by atoms with Crippen molar-refractivity contribution in [1.82, 2.24) is 4.90 Å². The molecule has 28 heavy (non-hydrogen) atoms. The third-order valence-corrected chi connectivity index (χ3v) is 7.24. The van der Waals surface area contributed by atoms with E-state index in [1.165, 1.54) is 0 Å². The van der Waals surface area contributed by atoms with Gasteiger partial charge in [-0.1, -0.05) is 30.3 Å². The van der Waals surface area contributed by atoms with Crippen LogP contribution in [0.15, 0.2) is 48.5 Å². The van der Waals surface area contributed by atoms with Gasteiger partial charge >= 0.3 is 0 Å². The Labute approximate surface area is 164 Å². The molecule has 5 nitrogen and oxygen atoms in total. The molecule has 1 spiro atoms. The van der Waals surface area contributed by atoms with Crippen LogP contribution in [0.1, 0.15) is 30.9 Å². The van der Waals surface area contributed by atoms with Gasteiger partial charge in [-0.3, -0.25) is 9.59 Å². The van der Waals surface area contributed by atoms with Gasteiger partial charge < -0.3 is 15.0 Å². The number of likely N-dealkylation sites (tertiary alicyclic amines) is 1. The number of ether oxygens (including phenoxy) is 1. The maximum absolute atomic E-state index is 13.6. The van der Waals surface area contributed by atoms with Crippen molar-refractivity contribution in [2.75, 3.05) is 19.0 Å². The Bertz CT molecular complexity index is 970. The maximum Gasteiger partial charge on any atom is 0.229 e. The van der Waals surface area contributed by atoms with Crippen LogP contribution in [-0.2, 0) is 21.5 Å². The summed E-state index contributed by atoms with van der Waals surface area (Å²) in [6.45, 7) is 3.31. The molecule has 0 unspecified atom stereocenters. The van der Waals surface area contributed by atoms with Crippen molar-refractivity contribution in [2.24, 2.45) is 11.3 Å². The second kappa shape index (κ2) is 5.84. The van der Waals surface area contributed by atoms with E-state index in [0.29, 0.717) is 19.5 Å². The van der Waals surface area contributed by atoms with Crippen molar-refractivity contribution in [1.29, 1.82) is 0 Å². The Hall–Kier alpha value is -2.82.